The smallest absolute Gasteiger partial charge is 0.416 e. The van der Waals surface area contributed by atoms with Crippen LogP contribution < -0.4 is 10.5 Å². The van der Waals surface area contributed by atoms with Gasteiger partial charge in [-0.3, -0.25) is 0 Å². The van der Waals surface area contributed by atoms with Crippen LogP contribution in [-0.2, 0) is 0 Å². The second kappa shape index (κ2) is 6.12. The summed E-state index contributed by atoms with van der Waals surface area (Å²) in [4.78, 5) is 0. The minimum atomic E-state index is -4.87. The largest absolute Gasteiger partial charge is 0.507 e. The molecular weight excluding hydrogens is 275 g/mol. The Kier molecular flexibility index (Phi) is 5.72. The molecule has 0 saturated heterocycles. The molecule has 0 amide bonds. The van der Waals surface area contributed by atoms with Crippen molar-refractivity contribution in [2.24, 2.45) is 5.73 Å². The Morgan fingerprint density at radius 3 is 2.33 bits per heavy atom. The summed E-state index contributed by atoms with van der Waals surface area (Å²) >= 11 is 0. The highest BCUT2D eigenvalue weighted by atomic mass is 35.5. The summed E-state index contributed by atoms with van der Waals surface area (Å²) in [5, 5.41) is 18.5. The number of methoxy groups -OCH3 is 1. The van der Waals surface area contributed by atoms with Crippen molar-refractivity contribution in [3.8, 4) is 11.5 Å². The van der Waals surface area contributed by atoms with E-state index < -0.39 is 24.1 Å². The van der Waals surface area contributed by atoms with Crippen LogP contribution >= 0.6 is 12.4 Å². The third-order valence-electron chi connectivity index (χ3n) is 2.27. The topological polar surface area (TPSA) is 75.7 Å². The van der Waals surface area contributed by atoms with Crippen LogP contribution in [0.25, 0.3) is 0 Å². The predicted octanol–water partition coefficient (Wildman–Crippen LogP) is 1.75. The van der Waals surface area contributed by atoms with Crippen LogP contribution in [0.15, 0.2) is 18.2 Å². The number of halogens is 4. The maximum Gasteiger partial charge on any atom is 0.416 e. The van der Waals surface area contributed by atoms with E-state index in [2.05, 4.69) is 0 Å². The highest BCUT2D eigenvalue weighted by Crippen LogP contribution is 2.37. The quantitative estimate of drug-likeness (QED) is 0.791. The molecule has 0 radical (unpaired) electrons. The summed E-state index contributed by atoms with van der Waals surface area (Å²) in [6, 6.07) is 2.09. The minimum Gasteiger partial charge on any atom is -0.507 e. The second-order valence-corrected chi connectivity index (χ2v) is 3.41. The summed E-state index contributed by atoms with van der Waals surface area (Å²) in [7, 11) is 1.23. The van der Waals surface area contributed by atoms with Crippen molar-refractivity contribution < 1.29 is 28.1 Å². The molecule has 0 aliphatic rings. The fourth-order valence-corrected chi connectivity index (χ4v) is 1.41. The van der Waals surface area contributed by atoms with Gasteiger partial charge in [-0.25, -0.2) is 0 Å². The van der Waals surface area contributed by atoms with Gasteiger partial charge in [0.1, 0.15) is 11.5 Å². The number of ether oxygens (including phenoxy) is 1. The first-order chi connectivity index (χ1) is 7.79. The number of rotatable bonds is 3. The van der Waals surface area contributed by atoms with Gasteiger partial charge >= 0.3 is 6.18 Å². The molecule has 1 aromatic rings. The maximum atomic E-state index is 12.3. The number of nitrogens with two attached hydrogens (primary N) is 1. The van der Waals surface area contributed by atoms with Crippen molar-refractivity contribution in [3.05, 3.63) is 23.8 Å². The van der Waals surface area contributed by atoms with E-state index in [4.69, 9.17) is 15.6 Å². The second-order valence-electron chi connectivity index (χ2n) is 3.41. The molecule has 2 atom stereocenters. The van der Waals surface area contributed by atoms with Crippen LogP contribution in [0.1, 0.15) is 11.6 Å². The van der Waals surface area contributed by atoms with Gasteiger partial charge in [-0.1, -0.05) is 6.07 Å². The number of aromatic hydroxyl groups is 1. The van der Waals surface area contributed by atoms with Crippen molar-refractivity contribution in [3.63, 3.8) is 0 Å². The van der Waals surface area contributed by atoms with Crippen LogP contribution in [-0.4, -0.2) is 29.6 Å². The number of hydrogen-bond acceptors (Lipinski definition) is 4. The average molecular weight is 288 g/mol. The van der Waals surface area contributed by atoms with Gasteiger partial charge < -0.3 is 20.7 Å². The van der Waals surface area contributed by atoms with Crippen molar-refractivity contribution >= 4 is 12.4 Å². The standard InChI is InChI=1S/C10H12F3NO3.ClH/c1-17-6-4-2-3-5(15)7(6)8(14)9(16)10(11,12)13;/h2-4,8-9,15-16H,14H2,1H3;1H/t8-,9-;/m1./s1. The highest BCUT2D eigenvalue weighted by Gasteiger charge is 2.44. The molecule has 1 aromatic carbocycles. The van der Waals surface area contributed by atoms with Gasteiger partial charge in [-0.05, 0) is 12.1 Å². The zero-order valence-corrected chi connectivity index (χ0v) is 10.1. The number of hydrogen-bond donors (Lipinski definition) is 3. The van der Waals surface area contributed by atoms with Gasteiger partial charge in [0, 0.05) is 0 Å². The van der Waals surface area contributed by atoms with E-state index in [1.165, 1.54) is 25.3 Å². The average Bonchev–Trinajstić information content (AvgIpc) is 2.25. The number of aliphatic hydroxyl groups is 1. The van der Waals surface area contributed by atoms with Crippen LogP contribution in [0.3, 0.4) is 0 Å². The Morgan fingerprint density at radius 2 is 1.89 bits per heavy atom. The molecule has 18 heavy (non-hydrogen) atoms. The van der Waals surface area contributed by atoms with E-state index in [0.29, 0.717) is 0 Å². The van der Waals surface area contributed by atoms with Gasteiger partial charge in [-0.15, -0.1) is 12.4 Å². The third-order valence-corrected chi connectivity index (χ3v) is 2.27. The van der Waals surface area contributed by atoms with E-state index in [1.807, 2.05) is 0 Å². The maximum absolute atomic E-state index is 12.3. The van der Waals surface area contributed by atoms with Gasteiger partial charge in [0.25, 0.3) is 0 Å². The van der Waals surface area contributed by atoms with Gasteiger partial charge in [0.2, 0.25) is 0 Å². The first-order valence-corrected chi connectivity index (χ1v) is 4.65. The zero-order chi connectivity index (χ0) is 13.2. The number of phenols is 1. The molecule has 0 spiro atoms. The molecule has 4 N–H and O–H groups in total. The Bertz CT molecular complexity index is 400. The lowest BCUT2D eigenvalue weighted by Crippen LogP contribution is -2.39. The fraction of sp³-hybridized carbons (Fsp3) is 0.400. The van der Waals surface area contributed by atoms with Crippen LogP contribution in [0, 0.1) is 0 Å². The molecule has 0 aliphatic heterocycles. The summed E-state index contributed by atoms with van der Waals surface area (Å²) in [6.45, 7) is 0. The Labute approximate surface area is 108 Å². The molecule has 4 nitrogen and oxygen atoms in total. The summed E-state index contributed by atoms with van der Waals surface area (Å²) < 4.78 is 41.7. The first kappa shape index (κ1) is 16.8. The van der Waals surface area contributed by atoms with Crippen molar-refractivity contribution in [2.75, 3.05) is 7.11 Å². The lowest BCUT2D eigenvalue weighted by atomic mass is 10.00. The van der Waals surface area contributed by atoms with Gasteiger partial charge in [0.15, 0.2) is 6.10 Å². The van der Waals surface area contributed by atoms with E-state index in [1.54, 1.807) is 0 Å². The molecule has 104 valence electrons. The number of benzene rings is 1. The monoisotopic (exact) mass is 287 g/mol. The van der Waals surface area contributed by atoms with E-state index >= 15 is 0 Å². The first-order valence-electron chi connectivity index (χ1n) is 4.65. The van der Waals surface area contributed by atoms with Gasteiger partial charge in [-0.2, -0.15) is 13.2 Å². The van der Waals surface area contributed by atoms with E-state index in [9.17, 15) is 18.3 Å². The summed E-state index contributed by atoms with van der Waals surface area (Å²) in [5.41, 5.74) is 5.01. The highest BCUT2D eigenvalue weighted by molar-refractivity contribution is 5.85. The Hall–Kier alpha value is -1.18. The molecule has 0 aliphatic carbocycles. The number of aliphatic hydroxyl groups excluding tert-OH is 1. The molecule has 0 heterocycles. The summed E-state index contributed by atoms with van der Waals surface area (Å²) in [5.74, 6) is -0.471. The molecule has 1 rings (SSSR count). The van der Waals surface area contributed by atoms with Crippen molar-refractivity contribution in [1.29, 1.82) is 0 Å². The molecular formula is C10H13ClF3NO3. The van der Waals surface area contributed by atoms with Crippen LogP contribution in [0.5, 0.6) is 11.5 Å². The Balaban J connectivity index is 0.00000289. The molecule has 0 aromatic heterocycles. The zero-order valence-electron chi connectivity index (χ0n) is 9.31. The normalized spacial score (nSPS) is 14.6. The molecule has 0 fully saturated rings. The Morgan fingerprint density at radius 1 is 1.33 bits per heavy atom. The molecule has 0 saturated carbocycles. The van der Waals surface area contributed by atoms with Crippen molar-refractivity contribution in [2.45, 2.75) is 18.3 Å². The lowest BCUT2D eigenvalue weighted by molar-refractivity contribution is -0.210. The molecule has 0 unspecified atom stereocenters. The summed E-state index contributed by atoms with van der Waals surface area (Å²) in [6.07, 6.45) is -7.64. The fourth-order valence-electron chi connectivity index (χ4n) is 1.41. The molecule has 0 bridgehead atoms. The van der Waals surface area contributed by atoms with Gasteiger partial charge in [0.05, 0.1) is 18.7 Å². The van der Waals surface area contributed by atoms with Crippen LogP contribution in [0.4, 0.5) is 13.2 Å². The lowest BCUT2D eigenvalue weighted by Gasteiger charge is -2.23. The minimum absolute atomic E-state index is 0. The molecule has 8 heteroatoms. The van der Waals surface area contributed by atoms with E-state index in [0.717, 1.165) is 0 Å². The number of phenolic OH excluding ortho intramolecular Hbond substituents is 1. The predicted molar refractivity (Wildman–Crippen MR) is 60.9 cm³/mol. The van der Waals surface area contributed by atoms with Crippen molar-refractivity contribution in [1.82, 2.24) is 0 Å². The van der Waals surface area contributed by atoms with Crippen LogP contribution in [0.2, 0.25) is 0 Å². The SMILES string of the molecule is COc1cccc(O)c1[C@@H](N)[C@@H](O)C(F)(F)F.Cl. The third kappa shape index (κ3) is 3.41. The van der Waals surface area contributed by atoms with E-state index in [-0.39, 0.29) is 23.7 Å². The number of alkyl halides is 3.